The van der Waals surface area contributed by atoms with Crippen molar-refractivity contribution in [3.05, 3.63) is 0 Å². The van der Waals surface area contributed by atoms with Crippen molar-refractivity contribution in [1.29, 1.82) is 0 Å². The monoisotopic (exact) mass is 270 g/mol. The van der Waals surface area contributed by atoms with Gasteiger partial charge in [0.15, 0.2) is 0 Å². The summed E-state index contributed by atoms with van der Waals surface area (Å²) >= 11 is 0. The Hall–Kier alpha value is -0.530. The van der Waals surface area contributed by atoms with Crippen LogP contribution in [0, 0.1) is 11.8 Å². The molecular weight excluding hydrogens is 236 g/mol. The Kier molecular flexibility index (Phi) is 12.2. The van der Waals surface area contributed by atoms with Gasteiger partial charge in [-0.1, -0.05) is 78.6 Å². The van der Waals surface area contributed by atoms with Crippen LogP contribution < -0.4 is 0 Å². The van der Waals surface area contributed by atoms with Crippen molar-refractivity contribution in [3.8, 4) is 0 Å². The van der Waals surface area contributed by atoms with Gasteiger partial charge in [0, 0.05) is 0 Å². The average Bonchev–Trinajstić information content (AvgIpc) is 2.35. The molecule has 1 atom stereocenters. The molecule has 2 nitrogen and oxygen atoms in total. The van der Waals surface area contributed by atoms with Crippen LogP contribution in [0.4, 0.5) is 0 Å². The SMILES string of the molecule is CCCCCCCCC(CCCCC(C)C)C(=O)O. The molecule has 0 aromatic rings. The number of unbranched alkanes of at least 4 members (excludes halogenated alkanes) is 6. The van der Waals surface area contributed by atoms with Gasteiger partial charge in [0.2, 0.25) is 0 Å². The van der Waals surface area contributed by atoms with Crippen molar-refractivity contribution < 1.29 is 9.90 Å². The first-order valence-corrected chi connectivity index (χ1v) is 8.30. The molecule has 0 saturated heterocycles. The molecule has 0 amide bonds. The summed E-state index contributed by atoms with van der Waals surface area (Å²) in [7, 11) is 0. The van der Waals surface area contributed by atoms with Gasteiger partial charge in [-0.3, -0.25) is 4.79 Å². The third-order valence-corrected chi connectivity index (χ3v) is 3.84. The summed E-state index contributed by atoms with van der Waals surface area (Å²) in [4.78, 5) is 11.2. The van der Waals surface area contributed by atoms with Gasteiger partial charge in [-0.05, 0) is 18.8 Å². The molecule has 2 heteroatoms. The van der Waals surface area contributed by atoms with Crippen LogP contribution in [0.15, 0.2) is 0 Å². The molecule has 0 aromatic heterocycles. The van der Waals surface area contributed by atoms with Crippen LogP contribution in [0.2, 0.25) is 0 Å². The lowest BCUT2D eigenvalue weighted by Crippen LogP contribution is -2.13. The van der Waals surface area contributed by atoms with E-state index in [4.69, 9.17) is 0 Å². The van der Waals surface area contributed by atoms with Crippen molar-refractivity contribution >= 4 is 5.97 Å². The van der Waals surface area contributed by atoms with E-state index in [-0.39, 0.29) is 5.92 Å². The second-order valence-corrected chi connectivity index (χ2v) is 6.27. The first kappa shape index (κ1) is 18.5. The maximum atomic E-state index is 11.2. The summed E-state index contributed by atoms with van der Waals surface area (Å²) in [5, 5.41) is 9.22. The quantitative estimate of drug-likeness (QED) is 0.439. The number of carbonyl (C=O) groups is 1. The molecule has 0 saturated carbocycles. The molecule has 19 heavy (non-hydrogen) atoms. The predicted molar refractivity (Wildman–Crippen MR) is 82.4 cm³/mol. The normalized spacial score (nSPS) is 12.8. The number of hydrogen-bond donors (Lipinski definition) is 1. The zero-order valence-corrected chi connectivity index (χ0v) is 13.3. The highest BCUT2D eigenvalue weighted by molar-refractivity contribution is 5.69. The van der Waals surface area contributed by atoms with Gasteiger partial charge in [0.25, 0.3) is 0 Å². The number of rotatable bonds is 13. The maximum Gasteiger partial charge on any atom is 0.306 e. The summed E-state index contributed by atoms with van der Waals surface area (Å²) in [5.41, 5.74) is 0. The number of hydrogen-bond acceptors (Lipinski definition) is 1. The zero-order valence-electron chi connectivity index (χ0n) is 13.3. The summed E-state index contributed by atoms with van der Waals surface area (Å²) in [5.74, 6) is 0.0540. The highest BCUT2D eigenvalue weighted by Crippen LogP contribution is 2.19. The molecule has 0 bridgehead atoms. The van der Waals surface area contributed by atoms with E-state index < -0.39 is 5.97 Å². The Morgan fingerprint density at radius 1 is 0.842 bits per heavy atom. The fraction of sp³-hybridized carbons (Fsp3) is 0.941. The van der Waals surface area contributed by atoms with Crippen molar-refractivity contribution in [2.24, 2.45) is 11.8 Å². The maximum absolute atomic E-state index is 11.2. The molecule has 0 heterocycles. The number of carboxylic acid groups (broad SMARTS) is 1. The Morgan fingerprint density at radius 3 is 1.84 bits per heavy atom. The van der Waals surface area contributed by atoms with Crippen molar-refractivity contribution in [1.82, 2.24) is 0 Å². The van der Waals surface area contributed by atoms with Gasteiger partial charge >= 0.3 is 5.97 Å². The van der Waals surface area contributed by atoms with Gasteiger partial charge < -0.3 is 5.11 Å². The third kappa shape index (κ3) is 12.3. The van der Waals surface area contributed by atoms with Crippen LogP contribution >= 0.6 is 0 Å². The summed E-state index contributed by atoms with van der Waals surface area (Å²) < 4.78 is 0. The van der Waals surface area contributed by atoms with Crippen LogP contribution in [0.5, 0.6) is 0 Å². The van der Waals surface area contributed by atoms with Gasteiger partial charge in [-0.25, -0.2) is 0 Å². The lowest BCUT2D eigenvalue weighted by atomic mass is 9.93. The van der Waals surface area contributed by atoms with Gasteiger partial charge in [-0.2, -0.15) is 0 Å². The molecule has 0 aliphatic heterocycles. The van der Waals surface area contributed by atoms with Crippen molar-refractivity contribution in [2.45, 2.75) is 91.4 Å². The van der Waals surface area contributed by atoms with E-state index in [1.807, 2.05) is 0 Å². The minimum absolute atomic E-state index is 0.0988. The van der Waals surface area contributed by atoms with E-state index in [0.29, 0.717) is 0 Å². The fourth-order valence-electron chi connectivity index (χ4n) is 2.51. The van der Waals surface area contributed by atoms with E-state index in [9.17, 15) is 9.90 Å². The molecule has 0 fully saturated rings. The highest BCUT2D eigenvalue weighted by atomic mass is 16.4. The first-order valence-electron chi connectivity index (χ1n) is 8.30. The number of aliphatic carboxylic acids is 1. The molecule has 0 aromatic carbocycles. The van der Waals surface area contributed by atoms with Crippen LogP contribution in [0.1, 0.15) is 91.4 Å². The molecule has 1 unspecified atom stereocenters. The van der Waals surface area contributed by atoms with E-state index >= 15 is 0 Å². The van der Waals surface area contributed by atoms with Crippen LogP contribution in [0.3, 0.4) is 0 Å². The van der Waals surface area contributed by atoms with Gasteiger partial charge in [0.1, 0.15) is 0 Å². The van der Waals surface area contributed by atoms with E-state index in [1.54, 1.807) is 0 Å². The largest absolute Gasteiger partial charge is 0.481 e. The lowest BCUT2D eigenvalue weighted by Gasteiger charge is -2.12. The van der Waals surface area contributed by atoms with Crippen LogP contribution in [0.25, 0.3) is 0 Å². The third-order valence-electron chi connectivity index (χ3n) is 3.84. The van der Waals surface area contributed by atoms with Crippen molar-refractivity contribution in [2.75, 3.05) is 0 Å². The Morgan fingerprint density at radius 2 is 1.32 bits per heavy atom. The van der Waals surface area contributed by atoms with Gasteiger partial charge in [-0.15, -0.1) is 0 Å². The smallest absolute Gasteiger partial charge is 0.306 e. The summed E-state index contributed by atoms with van der Waals surface area (Å²) in [6, 6.07) is 0. The topological polar surface area (TPSA) is 37.3 Å². The van der Waals surface area contributed by atoms with Crippen LogP contribution in [-0.2, 0) is 4.79 Å². The highest BCUT2D eigenvalue weighted by Gasteiger charge is 2.16. The Balaban J connectivity index is 3.60. The molecule has 1 N–H and O–H groups in total. The molecule has 0 rings (SSSR count). The molecular formula is C17H34O2. The summed E-state index contributed by atoms with van der Waals surface area (Å²) in [6.07, 6.45) is 12.7. The standard InChI is InChI=1S/C17H34O2/c1-4-5-6-7-8-9-13-16(17(18)19)14-11-10-12-15(2)3/h15-16H,4-14H2,1-3H3,(H,18,19). The first-order chi connectivity index (χ1) is 9.07. The predicted octanol–water partition coefficient (Wildman–Crippen LogP) is 5.65. The second kappa shape index (κ2) is 12.5. The molecule has 114 valence electrons. The van der Waals surface area contributed by atoms with Crippen LogP contribution in [-0.4, -0.2) is 11.1 Å². The van der Waals surface area contributed by atoms with E-state index in [2.05, 4.69) is 20.8 Å². The van der Waals surface area contributed by atoms with Gasteiger partial charge in [0.05, 0.1) is 5.92 Å². The van der Waals surface area contributed by atoms with E-state index in [1.165, 1.54) is 44.9 Å². The molecule has 0 spiro atoms. The molecule has 0 aliphatic rings. The Bertz CT molecular complexity index is 211. The second-order valence-electron chi connectivity index (χ2n) is 6.27. The average molecular weight is 270 g/mol. The number of carboxylic acids is 1. The summed E-state index contributed by atoms with van der Waals surface area (Å²) in [6.45, 7) is 6.67. The molecule has 0 aliphatic carbocycles. The lowest BCUT2D eigenvalue weighted by molar-refractivity contribution is -0.142. The van der Waals surface area contributed by atoms with Crippen molar-refractivity contribution in [3.63, 3.8) is 0 Å². The fourth-order valence-corrected chi connectivity index (χ4v) is 2.51. The molecule has 0 radical (unpaired) electrons. The Labute approximate surface area is 120 Å². The van der Waals surface area contributed by atoms with E-state index in [0.717, 1.165) is 31.6 Å². The minimum Gasteiger partial charge on any atom is -0.481 e. The minimum atomic E-state index is -0.585. The zero-order chi connectivity index (χ0) is 14.5.